The number of hydrogen-bond donors (Lipinski definition) is 1. The molecule has 0 radical (unpaired) electrons. The number of hydrogen-bond acceptors (Lipinski definition) is 4. The van der Waals surface area contributed by atoms with Gasteiger partial charge in [-0.2, -0.15) is 0 Å². The second-order valence-electron chi connectivity index (χ2n) is 6.67. The summed E-state index contributed by atoms with van der Waals surface area (Å²) in [5.41, 5.74) is 0. The molecular weight excluding hydrogens is 320 g/mol. The van der Waals surface area contributed by atoms with Gasteiger partial charge >= 0.3 is 12.1 Å². The van der Waals surface area contributed by atoms with Gasteiger partial charge in [0.05, 0.1) is 19.7 Å². The summed E-state index contributed by atoms with van der Waals surface area (Å²) in [6.45, 7) is 3.21. The molecule has 0 atom stereocenters. The van der Waals surface area contributed by atoms with Crippen molar-refractivity contribution < 1.29 is 19.4 Å². The third-order valence-corrected chi connectivity index (χ3v) is 4.48. The predicted molar refractivity (Wildman–Crippen MR) is 99.1 cm³/mol. The zero-order chi connectivity index (χ0) is 18.3. The van der Waals surface area contributed by atoms with E-state index in [-0.39, 0.29) is 5.84 Å². The summed E-state index contributed by atoms with van der Waals surface area (Å²) in [7, 11) is 0. The Morgan fingerprint density at radius 3 is 2.00 bits per heavy atom. The standard InChI is InChI=1S/C19H34N2O4/c1-2-3-4-5-6-7-8-9-10-11-12-13-16-25-19(24)21-15-14-20-17(21)18(22)23/h2-16H2,1H3,(H,22,23). The molecule has 0 spiro atoms. The van der Waals surface area contributed by atoms with Gasteiger partial charge < -0.3 is 9.84 Å². The first kappa shape index (κ1) is 21.5. The third-order valence-electron chi connectivity index (χ3n) is 4.48. The van der Waals surface area contributed by atoms with E-state index in [9.17, 15) is 9.59 Å². The van der Waals surface area contributed by atoms with E-state index in [0.29, 0.717) is 19.7 Å². The lowest BCUT2D eigenvalue weighted by atomic mass is 10.1. The largest absolute Gasteiger partial charge is 0.475 e. The van der Waals surface area contributed by atoms with E-state index in [1.54, 1.807) is 0 Å². The minimum atomic E-state index is -1.18. The van der Waals surface area contributed by atoms with E-state index >= 15 is 0 Å². The summed E-state index contributed by atoms with van der Waals surface area (Å²) < 4.78 is 5.14. The molecule has 0 unspecified atom stereocenters. The second-order valence-corrected chi connectivity index (χ2v) is 6.67. The molecular formula is C19H34N2O4. The first-order chi connectivity index (χ1) is 12.2. The van der Waals surface area contributed by atoms with Crippen molar-refractivity contribution in [2.75, 3.05) is 19.7 Å². The molecule has 0 aromatic rings. The van der Waals surface area contributed by atoms with Crippen LogP contribution < -0.4 is 0 Å². The Balaban J connectivity index is 1.90. The molecule has 1 aliphatic heterocycles. The van der Waals surface area contributed by atoms with Gasteiger partial charge in [0.1, 0.15) is 0 Å². The molecule has 1 heterocycles. The normalized spacial score (nSPS) is 13.8. The molecule has 1 aliphatic rings. The van der Waals surface area contributed by atoms with Crippen molar-refractivity contribution in [1.29, 1.82) is 0 Å². The van der Waals surface area contributed by atoms with Crippen LogP contribution in [0.3, 0.4) is 0 Å². The average molecular weight is 354 g/mol. The van der Waals surface area contributed by atoms with Crippen LogP contribution in [0, 0.1) is 0 Å². The fourth-order valence-corrected chi connectivity index (χ4v) is 2.99. The number of carboxylic acid groups (broad SMARTS) is 1. The van der Waals surface area contributed by atoms with Crippen LogP contribution >= 0.6 is 0 Å². The number of nitrogens with zero attached hydrogens (tertiary/aromatic N) is 2. The number of rotatable bonds is 14. The molecule has 1 amide bonds. The monoisotopic (exact) mass is 354 g/mol. The van der Waals surface area contributed by atoms with Crippen molar-refractivity contribution in [3.05, 3.63) is 0 Å². The molecule has 0 saturated heterocycles. The van der Waals surface area contributed by atoms with Crippen molar-refractivity contribution in [2.45, 2.75) is 84.0 Å². The lowest BCUT2D eigenvalue weighted by molar-refractivity contribution is -0.130. The molecule has 0 aromatic heterocycles. The van der Waals surface area contributed by atoms with Gasteiger partial charge in [0.15, 0.2) is 0 Å². The number of carboxylic acids is 1. The zero-order valence-electron chi connectivity index (χ0n) is 15.7. The molecule has 1 rings (SSSR count). The van der Waals surface area contributed by atoms with Gasteiger partial charge in [0, 0.05) is 0 Å². The number of aliphatic imine (C=N–C) groups is 1. The van der Waals surface area contributed by atoms with E-state index in [0.717, 1.165) is 17.7 Å². The summed E-state index contributed by atoms with van der Waals surface area (Å²) in [5.74, 6) is -1.39. The summed E-state index contributed by atoms with van der Waals surface area (Å²) >= 11 is 0. The van der Waals surface area contributed by atoms with Crippen LogP contribution in [0.15, 0.2) is 4.99 Å². The zero-order valence-corrected chi connectivity index (χ0v) is 15.7. The maximum atomic E-state index is 11.8. The summed E-state index contributed by atoms with van der Waals surface area (Å²) in [6.07, 6.45) is 14.5. The van der Waals surface area contributed by atoms with Crippen molar-refractivity contribution in [1.82, 2.24) is 4.90 Å². The number of ether oxygens (including phenoxy) is 1. The third kappa shape index (κ3) is 9.46. The molecule has 144 valence electrons. The van der Waals surface area contributed by atoms with Crippen LogP contribution in [0.25, 0.3) is 0 Å². The topological polar surface area (TPSA) is 79.2 Å². The molecule has 25 heavy (non-hydrogen) atoms. The number of amides is 1. The Kier molecular flexibility index (Phi) is 11.7. The van der Waals surface area contributed by atoms with E-state index in [4.69, 9.17) is 9.84 Å². The summed E-state index contributed by atoms with van der Waals surface area (Å²) in [5, 5.41) is 8.94. The fourth-order valence-electron chi connectivity index (χ4n) is 2.99. The maximum Gasteiger partial charge on any atom is 0.415 e. The molecule has 1 N–H and O–H groups in total. The molecule has 0 aliphatic carbocycles. The summed E-state index contributed by atoms with van der Waals surface area (Å²) in [4.78, 5) is 27.6. The van der Waals surface area contributed by atoms with Crippen molar-refractivity contribution >= 4 is 17.9 Å². The smallest absolute Gasteiger partial charge is 0.415 e. The lowest BCUT2D eigenvalue weighted by Gasteiger charge is -2.15. The maximum absolute atomic E-state index is 11.8. The first-order valence-electron chi connectivity index (χ1n) is 9.89. The van der Waals surface area contributed by atoms with Gasteiger partial charge in [-0.05, 0) is 6.42 Å². The Bertz CT molecular complexity index is 424. The van der Waals surface area contributed by atoms with E-state index in [2.05, 4.69) is 11.9 Å². The Labute approximate surface area is 151 Å². The first-order valence-corrected chi connectivity index (χ1v) is 9.89. The van der Waals surface area contributed by atoms with Gasteiger partial charge in [-0.1, -0.05) is 77.6 Å². The fraction of sp³-hybridized carbons (Fsp3) is 0.842. The number of unbranched alkanes of at least 4 members (excludes halogenated alkanes) is 11. The minimum Gasteiger partial charge on any atom is -0.475 e. The number of amidine groups is 1. The van der Waals surface area contributed by atoms with Gasteiger partial charge in [-0.3, -0.25) is 9.89 Å². The van der Waals surface area contributed by atoms with Gasteiger partial charge in [-0.25, -0.2) is 9.59 Å². The van der Waals surface area contributed by atoms with Crippen molar-refractivity contribution in [2.24, 2.45) is 4.99 Å². The van der Waals surface area contributed by atoms with Crippen LogP contribution in [0.4, 0.5) is 4.79 Å². The van der Waals surface area contributed by atoms with E-state index in [1.807, 2.05) is 0 Å². The van der Waals surface area contributed by atoms with Crippen LogP contribution in [-0.2, 0) is 9.53 Å². The van der Waals surface area contributed by atoms with Crippen LogP contribution in [0.2, 0.25) is 0 Å². The van der Waals surface area contributed by atoms with Crippen LogP contribution in [0.1, 0.15) is 84.0 Å². The van der Waals surface area contributed by atoms with Gasteiger partial charge in [-0.15, -0.1) is 0 Å². The SMILES string of the molecule is CCCCCCCCCCCCCCOC(=O)N1CCN=C1C(=O)O. The van der Waals surface area contributed by atoms with Gasteiger partial charge in [0.2, 0.25) is 5.84 Å². The van der Waals surface area contributed by atoms with Crippen molar-refractivity contribution in [3.63, 3.8) is 0 Å². The number of carbonyl (C=O) groups excluding carboxylic acids is 1. The Hall–Kier alpha value is -1.59. The van der Waals surface area contributed by atoms with Crippen molar-refractivity contribution in [3.8, 4) is 0 Å². The molecule has 6 heteroatoms. The molecule has 0 bridgehead atoms. The van der Waals surface area contributed by atoms with E-state index < -0.39 is 12.1 Å². The second kappa shape index (κ2) is 13.7. The lowest BCUT2D eigenvalue weighted by Crippen LogP contribution is -2.39. The Morgan fingerprint density at radius 1 is 0.960 bits per heavy atom. The Morgan fingerprint density at radius 2 is 1.48 bits per heavy atom. The molecule has 0 aromatic carbocycles. The molecule has 6 nitrogen and oxygen atoms in total. The van der Waals surface area contributed by atoms with Crippen LogP contribution in [0.5, 0.6) is 0 Å². The molecule has 0 saturated carbocycles. The van der Waals surface area contributed by atoms with E-state index in [1.165, 1.54) is 64.2 Å². The van der Waals surface area contributed by atoms with Crippen LogP contribution in [-0.4, -0.2) is 47.6 Å². The average Bonchev–Trinajstić information content (AvgIpc) is 3.09. The highest BCUT2D eigenvalue weighted by atomic mass is 16.6. The quantitative estimate of drug-likeness (QED) is 0.462. The number of aliphatic carboxylic acids is 1. The highest BCUT2D eigenvalue weighted by molar-refractivity contribution is 6.37. The highest BCUT2D eigenvalue weighted by Crippen LogP contribution is 2.12. The molecule has 0 fully saturated rings. The van der Waals surface area contributed by atoms with Gasteiger partial charge in [0.25, 0.3) is 0 Å². The highest BCUT2D eigenvalue weighted by Gasteiger charge is 2.29. The minimum absolute atomic E-state index is 0.209. The summed E-state index contributed by atoms with van der Waals surface area (Å²) in [6, 6.07) is 0. The number of carbonyl (C=O) groups is 2. The predicted octanol–water partition coefficient (Wildman–Crippen LogP) is 4.62.